The molecule has 1 aromatic carbocycles. The number of rotatable bonds is 5. The zero-order chi connectivity index (χ0) is 14.8. The Labute approximate surface area is 121 Å². The molecule has 20 heavy (non-hydrogen) atoms. The molecule has 2 rings (SSSR count). The lowest BCUT2D eigenvalue weighted by Crippen LogP contribution is -2.27. The highest BCUT2D eigenvalue weighted by Crippen LogP contribution is 2.38. The Morgan fingerprint density at radius 1 is 1.60 bits per heavy atom. The van der Waals surface area contributed by atoms with E-state index in [1.807, 2.05) is 11.8 Å². The number of primary amides is 1. The summed E-state index contributed by atoms with van der Waals surface area (Å²) in [6.45, 7) is 2.77. The second kappa shape index (κ2) is 5.70. The van der Waals surface area contributed by atoms with E-state index in [2.05, 4.69) is 12.2 Å². The number of nitrogens with one attached hydrogen (secondary N) is 1. The van der Waals surface area contributed by atoms with Gasteiger partial charge in [0.25, 0.3) is 5.69 Å². The van der Waals surface area contributed by atoms with Crippen LogP contribution in [-0.2, 0) is 0 Å². The average molecular weight is 295 g/mol. The van der Waals surface area contributed by atoms with Gasteiger partial charge >= 0.3 is 0 Å². The van der Waals surface area contributed by atoms with Gasteiger partial charge in [-0.1, -0.05) is 0 Å². The molecule has 1 aliphatic heterocycles. The Bertz CT molecular complexity index is 542. The Balaban J connectivity index is 2.21. The van der Waals surface area contributed by atoms with Crippen molar-refractivity contribution in [3.63, 3.8) is 0 Å². The minimum atomic E-state index is -0.593. The van der Waals surface area contributed by atoms with Crippen molar-refractivity contribution in [1.29, 1.82) is 0 Å². The molecule has 1 unspecified atom stereocenters. The number of anilines is 1. The Morgan fingerprint density at radius 3 is 2.90 bits per heavy atom. The monoisotopic (exact) mass is 295 g/mol. The first-order valence-electron chi connectivity index (χ1n) is 6.37. The number of nitro groups is 1. The lowest BCUT2D eigenvalue weighted by atomic mass is 10.1. The molecule has 3 N–H and O–H groups in total. The molecule has 1 saturated heterocycles. The van der Waals surface area contributed by atoms with Gasteiger partial charge in [0.05, 0.1) is 4.92 Å². The van der Waals surface area contributed by atoms with Crippen molar-refractivity contribution in [3.8, 4) is 0 Å². The van der Waals surface area contributed by atoms with Crippen LogP contribution in [0.2, 0.25) is 0 Å². The van der Waals surface area contributed by atoms with E-state index in [-0.39, 0.29) is 16.0 Å². The molecule has 1 heterocycles. The number of amides is 1. The molecule has 7 heteroatoms. The Morgan fingerprint density at radius 2 is 2.35 bits per heavy atom. The van der Waals surface area contributed by atoms with Gasteiger partial charge in [0.15, 0.2) is 0 Å². The molecule has 0 aliphatic carbocycles. The highest BCUT2D eigenvalue weighted by Gasteiger charge is 2.30. The van der Waals surface area contributed by atoms with Gasteiger partial charge in [-0.15, -0.1) is 0 Å². The standard InChI is InChI=1S/C13H17N3O3S/c1-13(5-2-6-20-13)8-15-10-7-9(12(14)17)3-4-11(10)16(18)19/h3-4,7,15H,2,5-6,8H2,1H3,(H2,14,17). The molecule has 0 saturated carbocycles. The van der Waals surface area contributed by atoms with Gasteiger partial charge in [-0.05, 0) is 37.7 Å². The number of nitro benzene ring substituents is 1. The quantitative estimate of drug-likeness (QED) is 0.642. The molecule has 1 amide bonds. The largest absolute Gasteiger partial charge is 0.378 e. The Hall–Kier alpha value is -1.76. The normalized spacial score (nSPS) is 21.6. The van der Waals surface area contributed by atoms with E-state index in [4.69, 9.17) is 5.73 Å². The summed E-state index contributed by atoms with van der Waals surface area (Å²) in [6, 6.07) is 4.13. The van der Waals surface area contributed by atoms with Gasteiger partial charge in [0.1, 0.15) is 5.69 Å². The lowest BCUT2D eigenvalue weighted by Gasteiger charge is -2.23. The van der Waals surface area contributed by atoms with Gasteiger partial charge in [-0.3, -0.25) is 14.9 Å². The number of benzene rings is 1. The van der Waals surface area contributed by atoms with Gasteiger partial charge < -0.3 is 11.1 Å². The van der Waals surface area contributed by atoms with Crippen LogP contribution >= 0.6 is 11.8 Å². The van der Waals surface area contributed by atoms with E-state index in [1.54, 1.807) is 0 Å². The fourth-order valence-electron chi connectivity index (χ4n) is 2.25. The maximum absolute atomic E-state index is 11.2. The summed E-state index contributed by atoms with van der Waals surface area (Å²) in [4.78, 5) is 21.7. The number of nitrogens with zero attached hydrogens (tertiary/aromatic N) is 1. The SMILES string of the molecule is CC1(CNc2cc(C(N)=O)ccc2[N+](=O)[O-])CCCS1. The Kier molecular flexibility index (Phi) is 4.17. The first kappa shape index (κ1) is 14.6. The second-order valence-corrected chi connectivity index (χ2v) is 6.79. The first-order chi connectivity index (χ1) is 9.41. The van der Waals surface area contributed by atoms with Crippen molar-refractivity contribution in [1.82, 2.24) is 0 Å². The number of carbonyl (C=O) groups excluding carboxylic acids is 1. The molecule has 0 radical (unpaired) electrons. The number of carbonyl (C=O) groups is 1. The average Bonchev–Trinajstić information content (AvgIpc) is 2.83. The first-order valence-corrected chi connectivity index (χ1v) is 7.36. The van der Waals surface area contributed by atoms with Crippen LogP contribution in [0, 0.1) is 10.1 Å². The van der Waals surface area contributed by atoms with Crippen molar-refractivity contribution in [2.24, 2.45) is 5.73 Å². The number of thioether (sulfide) groups is 1. The van der Waals surface area contributed by atoms with Crippen LogP contribution in [0.5, 0.6) is 0 Å². The third kappa shape index (κ3) is 3.22. The van der Waals surface area contributed by atoms with E-state index in [1.165, 1.54) is 18.2 Å². The van der Waals surface area contributed by atoms with Gasteiger partial charge in [0, 0.05) is 22.9 Å². The van der Waals surface area contributed by atoms with Crippen LogP contribution in [0.4, 0.5) is 11.4 Å². The van der Waals surface area contributed by atoms with Gasteiger partial charge in [-0.25, -0.2) is 0 Å². The van der Waals surface area contributed by atoms with Crippen LogP contribution < -0.4 is 11.1 Å². The van der Waals surface area contributed by atoms with Crippen LogP contribution in [0.25, 0.3) is 0 Å². The second-order valence-electron chi connectivity index (χ2n) is 5.11. The zero-order valence-corrected chi connectivity index (χ0v) is 12.0. The number of hydrogen-bond donors (Lipinski definition) is 2. The van der Waals surface area contributed by atoms with Gasteiger partial charge in [-0.2, -0.15) is 11.8 Å². The number of hydrogen-bond acceptors (Lipinski definition) is 5. The summed E-state index contributed by atoms with van der Waals surface area (Å²) in [6.07, 6.45) is 2.24. The van der Waals surface area contributed by atoms with Crippen LogP contribution in [0.3, 0.4) is 0 Å². The summed E-state index contributed by atoms with van der Waals surface area (Å²) in [5.41, 5.74) is 5.79. The van der Waals surface area contributed by atoms with E-state index < -0.39 is 10.8 Å². The summed E-state index contributed by atoms with van der Waals surface area (Å²) in [5.74, 6) is 0.520. The molecule has 6 nitrogen and oxygen atoms in total. The van der Waals surface area contributed by atoms with E-state index >= 15 is 0 Å². The van der Waals surface area contributed by atoms with Crippen molar-refractivity contribution in [3.05, 3.63) is 33.9 Å². The van der Waals surface area contributed by atoms with Crippen LogP contribution in [0.15, 0.2) is 18.2 Å². The summed E-state index contributed by atoms with van der Waals surface area (Å²) < 4.78 is 0.0800. The van der Waals surface area contributed by atoms with E-state index in [9.17, 15) is 14.9 Å². The highest BCUT2D eigenvalue weighted by atomic mass is 32.2. The predicted octanol–water partition coefficient (Wildman–Crippen LogP) is 2.39. The van der Waals surface area contributed by atoms with Crippen molar-refractivity contribution in [2.45, 2.75) is 24.5 Å². The van der Waals surface area contributed by atoms with Crippen LogP contribution in [0.1, 0.15) is 30.1 Å². The maximum atomic E-state index is 11.2. The molecule has 1 aliphatic rings. The van der Waals surface area contributed by atoms with Crippen LogP contribution in [-0.4, -0.2) is 27.9 Å². The predicted molar refractivity (Wildman–Crippen MR) is 80.2 cm³/mol. The topological polar surface area (TPSA) is 98.3 Å². The third-order valence-corrected chi connectivity index (χ3v) is 4.97. The fraction of sp³-hybridized carbons (Fsp3) is 0.462. The molecule has 108 valence electrons. The van der Waals surface area contributed by atoms with Crippen molar-refractivity contribution < 1.29 is 9.72 Å². The number of nitrogens with two attached hydrogens (primary N) is 1. The maximum Gasteiger partial charge on any atom is 0.292 e. The molecule has 1 aromatic rings. The summed E-state index contributed by atoms with van der Waals surface area (Å²) in [5, 5.41) is 14.1. The molecule has 0 aromatic heterocycles. The highest BCUT2D eigenvalue weighted by molar-refractivity contribution is 8.00. The third-order valence-electron chi connectivity index (χ3n) is 3.43. The minimum absolute atomic E-state index is 0.0402. The lowest BCUT2D eigenvalue weighted by molar-refractivity contribution is -0.384. The molecular formula is C13H17N3O3S. The molecule has 1 atom stereocenters. The fourth-order valence-corrected chi connectivity index (χ4v) is 3.49. The molecule has 1 fully saturated rings. The summed E-state index contributed by atoms with van der Waals surface area (Å²) in [7, 11) is 0. The minimum Gasteiger partial charge on any atom is -0.378 e. The van der Waals surface area contributed by atoms with E-state index in [0.29, 0.717) is 12.2 Å². The molecule has 0 spiro atoms. The molecule has 0 bridgehead atoms. The molecular weight excluding hydrogens is 278 g/mol. The van der Waals surface area contributed by atoms with Crippen molar-refractivity contribution >= 4 is 29.0 Å². The van der Waals surface area contributed by atoms with E-state index in [0.717, 1.165) is 18.6 Å². The zero-order valence-electron chi connectivity index (χ0n) is 11.2. The summed E-state index contributed by atoms with van der Waals surface area (Å²) >= 11 is 1.86. The van der Waals surface area contributed by atoms with Crippen molar-refractivity contribution in [2.75, 3.05) is 17.6 Å². The van der Waals surface area contributed by atoms with Gasteiger partial charge in [0.2, 0.25) is 5.91 Å². The smallest absolute Gasteiger partial charge is 0.292 e.